The first-order valence-corrected chi connectivity index (χ1v) is 5.43. The van der Waals surface area contributed by atoms with E-state index in [1.165, 1.54) is 6.07 Å². The molecule has 1 rings (SSSR count). The van der Waals surface area contributed by atoms with E-state index in [1.54, 1.807) is 6.07 Å². The topological polar surface area (TPSA) is 33.0 Å². The average Bonchev–Trinajstić information content (AvgIpc) is 2.17. The van der Waals surface area contributed by atoms with Gasteiger partial charge >= 0.3 is 6.61 Å². The largest absolute Gasteiger partial charge is 0.434 e. The van der Waals surface area contributed by atoms with E-state index in [9.17, 15) is 8.78 Å². The molecule has 0 aliphatic rings. The SMILES string of the molecule is N#CCc1c(OC(F)F)ccc(Br)c1Br. The number of ether oxygens (including phenoxy) is 1. The molecule has 1 aromatic rings. The monoisotopic (exact) mass is 339 g/mol. The molecule has 0 unspecified atom stereocenters. The van der Waals surface area contributed by atoms with E-state index in [0.29, 0.717) is 14.5 Å². The fourth-order valence-corrected chi connectivity index (χ4v) is 1.86. The Balaban J connectivity index is 3.15. The third kappa shape index (κ3) is 3.14. The fraction of sp³-hybridized carbons (Fsp3) is 0.222. The van der Waals surface area contributed by atoms with Crippen molar-refractivity contribution in [2.75, 3.05) is 0 Å². The third-order valence-electron chi connectivity index (χ3n) is 1.62. The summed E-state index contributed by atoms with van der Waals surface area (Å²) in [6.45, 7) is -2.89. The Labute approximate surface area is 102 Å². The van der Waals surface area contributed by atoms with Crippen LogP contribution in [-0.2, 0) is 6.42 Å². The van der Waals surface area contributed by atoms with Crippen molar-refractivity contribution in [3.8, 4) is 11.8 Å². The van der Waals surface area contributed by atoms with Crippen LogP contribution in [0.3, 0.4) is 0 Å². The van der Waals surface area contributed by atoms with Crippen molar-refractivity contribution in [2.24, 2.45) is 0 Å². The normalized spacial score (nSPS) is 10.1. The number of halogens is 4. The van der Waals surface area contributed by atoms with E-state index >= 15 is 0 Å². The Bertz CT molecular complexity index is 404. The first kappa shape index (κ1) is 12.4. The van der Waals surface area contributed by atoms with Crippen molar-refractivity contribution in [2.45, 2.75) is 13.0 Å². The highest BCUT2D eigenvalue weighted by Gasteiger charge is 2.14. The summed E-state index contributed by atoms with van der Waals surface area (Å²) in [6.07, 6.45) is 0.00206. The minimum atomic E-state index is -2.89. The number of nitriles is 1. The molecule has 0 aliphatic carbocycles. The van der Waals surface area contributed by atoms with Gasteiger partial charge in [0.1, 0.15) is 5.75 Å². The van der Waals surface area contributed by atoms with Gasteiger partial charge in [0.2, 0.25) is 0 Å². The fourth-order valence-electron chi connectivity index (χ4n) is 1.03. The van der Waals surface area contributed by atoms with E-state index in [-0.39, 0.29) is 12.2 Å². The van der Waals surface area contributed by atoms with Crippen LogP contribution >= 0.6 is 31.9 Å². The summed E-state index contributed by atoms with van der Waals surface area (Å²) in [5.41, 5.74) is 0.409. The lowest BCUT2D eigenvalue weighted by atomic mass is 10.1. The lowest BCUT2D eigenvalue weighted by Crippen LogP contribution is -2.04. The molecule has 0 saturated heterocycles. The molecule has 0 fully saturated rings. The molecule has 2 nitrogen and oxygen atoms in total. The zero-order chi connectivity index (χ0) is 11.4. The number of nitrogens with zero attached hydrogens (tertiary/aromatic N) is 1. The highest BCUT2D eigenvalue weighted by Crippen LogP contribution is 2.34. The van der Waals surface area contributed by atoms with Gasteiger partial charge in [0, 0.05) is 14.5 Å². The summed E-state index contributed by atoms with van der Waals surface area (Å²) in [6, 6.07) is 4.86. The van der Waals surface area contributed by atoms with E-state index in [2.05, 4.69) is 36.6 Å². The molecule has 0 N–H and O–H groups in total. The minimum absolute atomic E-state index is 0.00206. The highest BCUT2D eigenvalue weighted by molar-refractivity contribution is 9.13. The highest BCUT2D eigenvalue weighted by atomic mass is 79.9. The van der Waals surface area contributed by atoms with Gasteiger partial charge in [-0.3, -0.25) is 0 Å². The minimum Gasteiger partial charge on any atom is -0.434 e. The van der Waals surface area contributed by atoms with Gasteiger partial charge in [0.25, 0.3) is 0 Å². The summed E-state index contributed by atoms with van der Waals surface area (Å²) in [5, 5.41) is 8.56. The first-order chi connectivity index (χ1) is 7.06. The lowest BCUT2D eigenvalue weighted by molar-refractivity contribution is -0.0504. The number of rotatable bonds is 3. The second kappa shape index (κ2) is 5.42. The Morgan fingerprint density at radius 2 is 2.07 bits per heavy atom. The zero-order valence-corrected chi connectivity index (χ0v) is 10.5. The summed E-state index contributed by atoms with van der Waals surface area (Å²) >= 11 is 6.42. The van der Waals surface area contributed by atoms with Crippen molar-refractivity contribution in [1.82, 2.24) is 0 Å². The molecule has 15 heavy (non-hydrogen) atoms. The van der Waals surface area contributed by atoms with Crippen LogP contribution in [-0.4, -0.2) is 6.61 Å². The van der Waals surface area contributed by atoms with Gasteiger partial charge in [-0.1, -0.05) is 0 Å². The van der Waals surface area contributed by atoms with E-state index < -0.39 is 6.61 Å². The molecule has 0 radical (unpaired) electrons. The van der Waals surface area contributed by atoms with E-state index in [4.69, 9.17) is 5.26 Å². The molecule has 0 heterocycles. The molecular weight excluding hydrogens is 336 g/mol. The van der Waals surface area contributed by atoms with Crippen LogP contribution in [0.4, 0.5) is 8.78 Å². The van der Waals surface area contributed by atoms with Crippen molar-refractivity contribution < 1.29 is 13.5 Å². The lowest BCUT2D eigenvalue weighted by Gasteiger charge is -2.11. The molecule has 1 aromatic carbocycles. The molecule has 6 heteroatoms. The summed E-state index contributed by atoms with van der Waals surface area (Å²) in [7, 11) is 0. The number of hydrogen-bond acceptors (Lipinski definition) is 2. The predicted molar refractivity (Wildman–Crippen MR) is 57.8 cm³/mol. The van der Waals surface area contributed by atoms with Gasteiger partial charge in [0.05, 0.1) is 12.5 Å². The summed E-state index contributed by atoms with van der Waals surface area (Å²) in [5.74, 6) is 0.0154. The van der Waals surface area contributed by atoms with Crippen LogP contribution in [0.2, 0.25) is 0 Å². The van der Waals surface area contributed by atoms with Gasteiger partial charge in [0.15, 0.2) is 0 Å². The second-order valence-electron chi connectivity index (χ2n) is 2.55. The molecule has 80 valence electrons. The predicted octanol–water partition coefficient (Wildman–Crippen LogP) is 3.88. The van der Waals surface area contributed by atoms with Gasteiger partial charge in [-0.15, -0.1) is 0 Å². The molecule has 0 spiro atoms. The van der Waals surface area contributed by atoms with Gasteiger partial charge in [-0.2, -0.15) is 14.0 Å². The van der Waals surface area contributed by atoms with Crippen molar-refractivity contribution in [3.63, 3.8) is 0 Å². The second-order valence-corrected chi connectivity index (χ2v) is 4.20. The van der Waals surface area contributed by atoms with Crippen LogP contribution in [0.1, 0.15) is 5.56 Å². The van der Waals surface area contributed by atoms with Gasteiger partial charge < -0.3 is 4.74 Å². The van der Waals surface area contributed by atoms with Crippen molar-refractivity contribution >= 4 is 31.9 Å². The van der Waals surface area contributed by atoms with Crippen LogP contribution in [0.5, 0.6) is 5.75 Å². The number of alkyl halides is 2. The van der Waals surface area contributed by atoms with Crippen LogP contribution < -0.4 is 4.74 Å². The summed E-state index contributed by atoms with van der Waals surface area (Å²) in [4.78, 5) is 0. The quantitative estimate of drug-likeness (QED) is 0.836. The molecule has 0 saturated carbocycles. The zero-order valence-electron chi connectivity index (χ0n) is 7.31. The molecule has 0 aliphatic heterocycles. The molecule has 0 amide bonds. The van der Waals surface area contributed by atoms with Crippen LogP contribution in [0.15, 0.2) is 21.1 Å². The van der Waals surface area contributed by atoms with Gasteiger partial charge in [-0.05, 0) is 44.0 Å². The van der Waals surface area contributed by atoms with E-state index in [1.807, 2.05) is 6.07 Å². The summed E-state index contributed by atoms with van der Waals surface area (Å²) < 4.78 is 29.6. The van der Waals surface area contributed by atoms with E-state index in [0.717, 1.165) is 0 Å². The Hall–Kier alpha value is -0.670. The first-order valence-electron chi connectivity index (χ1n) is 3.85. The standard InChI is InChI=1S/C9H5Br2F2NO/c10-6-1-2-7(15-9(12)13)5(3-4-14)8(6)11/h1-2,9H,3H2. The van der Waals surface area contributed by atoms with Gasteiger partial charge in [-0.25, -0.2) is 0 Å². The molecule has 0 atom stereocenters. The van der Waals surface area contributed by atoms with Crippen molar-refractivity contribution in [3.05, 3.63) is 26.6 Å². The van der Waals surface area contributed by atoms with Crippen LogP contribution in [0, 0.1) is 11.3 Å². The Morgan fingerprint density at radius 1 is 1.40 bits per heavy atom. The molecule has 0 bridgehead atoms. The maximum absolute atomic E-state index is 12.0. The molecular formula is C9H5Br2F2NO. The Kier molecular flexibility index (Phi) is 4.48. The van der Waals surface area contributed by atoms with Crippen LogP contribution in [0.25, 0.3) is 0 Å². The average molecular weight is 341 g/mol. The maximum atomic E-state index is 12.0. The number of benzene rings is 1. The molecule has 0 aromatic heterocycles. The maximum Gasteiger partial charge on any atom is 0.387 e. The smallest absolute Gasteiger partial charge is 0.387 e. The third-order valence-corrected chi connectivity index (χ3v) is 3.72. The van der Waals surface area contributed by atoms with Crippen molar-refractivity contribution in [1.29, 1.82) is 5.26 Å². The Morgan fingerprint density at radius 3 is 2.60 bits per heavy atom. The number of hydrogen-bond donors (Lipinski definition) is 0.